The van der Waals surface area contributed by atoms with Gasteiger partial charge < -0.3 is 10.0 Å². The molecular formula is C22H26N2O2S. The SMILES string of the molecule is O=C(O)C1CCCN(CCCC2SC3=CC=CCC3=Nc3ccccc32)C1. The van der Waals surface area contributed by atoms with Crippen LogP contribution in [0.25, 0.3) is 0 Å². The summed E-state index contributed by atoms with van der Waals surface area (Å²) >= 11 is 1.94. The summed E-state index contributed by atoms with van der Waals surface area (Å²) in [4.78, 5) is 19.8. The molecule has 0 spiro atoms. The number of carboxylic acid groups (broad SMARTS) is 1. The van der Waals surface area contributed by atoms with Gasteiger partial charge in [0.05, 0.1) is 17.3 Å². The summed E-state index contributed by atoms with van der Waals surface area (Å²) in [7, 11) is 0. The third-order valence-electron chi connectivity index (χ3n) is 5.58. The average molecular weight is 383 g/mol. The zero-order chi connectivity index (χ0) is 18.6. The maximum Gasteiger partial charge on any atom is 0.307 e. The Kier molecular flexibility index (Phi) is 5.79. The molecule has 1 N–H and O–H groups in total. The van der Waals surface area contributed by atoms with Crippen LogP contribution in [0.4, 0.5) is 5.69 Å². The van der Waals surface area contributed by atoms with Crippen molar-refractivity contribution in [1.82, 2.24) is 4.90 Å². The van der Waals surface area contributed by atoms with E-state index in [0.29, 0.717) is 11.8 Å². The highest BCUT2D eigenvalue weighted by molar-refractivity contribution is 8.04. The van der Waals surface area contributed by atoms with Crippen LogP contribution < -0.4 is 0 Å². The van der Waals surface area contributed by atoms with Crippen molar-refractivity contribution >= 4 is 29.1 Å². The fourth-order valence-electron chi connectivity index (χ4n) is 4.14. The predicted molar refractivity (Wildman–Crippen MR) is 112 cm³/mol. The largest absolute Gasteiger partial charge is 0.481 e. The zero-order valence-corrected chi connectivity index (χ0v) is 16.3. The quantitative estimate of drug-likeness (QED) is 0.781. The van der Waals surface area contributed by atoms with Gasteiger partial charge in [-0.1, -0.05) is 30.4 Å². The lowest BCUT2D eigenvalue weighted by Crippen LogP contribution is -2.39. The Morgan fingerprint density at radius 2 is 2.22 bits per heavy atom. The molecule has 2 heterocycles. The Bertz CT molecular complexity index is 799. The maximum absolute atomic E-state index is 11.3. The van der Waals surface area contributed by atoms with E-state index in [1.165, 1.54) is 16.2 Å². The Labute approximate surface area is 165 Å². The number of aliphatic carboxylic acids is 1. The zero-order valence-electron chi connectivity index (χ0n) is 15.5. The van der Waals surface area contributed by atoms with E-state index in [2.05, 4.69) is 47.4 Å². The normalized spacial score (nSPS) is 25.0. The average Bonchev–Trinajstić information content (AvgIpc) is 2.85. The molecule has 2 aliphatic heterocycles. The Morgan fingerprint density at radius 3 is 3.11 bits per heavy atom. The van der Waals surface area contributed by atoms with E-state index in [0.717, 1.165) is 50.9 Å². The summed E-state index contributed by atoms with van der Waals surface area (Å²) < 4.78 is 0. The Morgan fingerprint density at radius 1 is 1.33 bits per heavy atom. The number of benzene rings is 1. The third kappa shape index (κ3) is 4.36. The molecule has 0 bridgehead atoms. The first-order valence-corrected chi connectivity index (χ1v) is 10.7. The van der Waals surface area contributed by atoms with Gasteiger partial charge >= 0.3 is 5.97 Å². The van der Waals surface area contributed by atoms with Crippen LogP contribution in [0.3, 0.4) is 0 Å². The van der Waals surface area contributed by atoms with Gasteiger partial charge in [-0.05, 0) is 56.5 Å². The van der Waals surface area contributed by atoms with Gasteiger partial charge in [-0.25, -0.2) is 0 Å². The second-order valence-electron chi connectivity index (χ2n) is 7.51. The van der Waals surface area contributed by atoms with E-state index >= 15 is 0 Å². The Balaban J connectivity index is 1.42. The molecular weight excluding hydrogens is 356 g/mol. The molecule has 0 amide bonds. The first kappa shape index (κ1) is 18.5. The molecule has 2 unspecified atom stereocenters. The number of hydrogen-bond acceptors (Lipinski definition) is 4. The van der Waals surface area contributed by atoms with Crippen molar-refractivity contribution in [2.24, 2.45) is 10.9 Å². The summed E-state index contributed by atoms with van der Waals surface area (Å²) in [5.41, 5.74) is 3.61. The number of thioether (sulfide) groups is 1. The molecule has 0 aromatic heterocycles. The first-order chi connectivity index (χ1) is 13.2. The highest BCUT2D eigenvalue weighted by atomic mass is 32.2. The molecule has 2 atom stereocenters. The van der Waals surface area contributed by atoms with Gasteiger partial charge in [0, 0.05) is 23.1 Å². The molecule has 0 saturated carbocycles. The van der Waals surface area contributed by atoms with E-state index in [-0.39, 0.29) is 5.92 Å². The van der Waals surface area contributed by atoms with Gasteiger partial charge in [-0.2, -0.15) is 0 Å². The fourth-order valence-corrected chi connectivity index (χ4v) is 5.48. The van der Waals surface area contributed by atoms with Gasteiger partial charge in [0.15, 0.2) is 0 Å². The predicted octanol–water partition coefficient (Wildman–Crippen LogP) is 4.97. The van der Waals surface area contributed by atoms with Crippen LogP contribution in [-0.2, 0) is 4.79 Å². The minimum Gasteiger partial charge on any atom is -0.481 e. The van der Waals surface area contributed by atoms with Crippen molar-refractivity contribution in [3.8, 4) is 0 Å². The number of likely N-dealkylation sites (tertiary alicyclic amines) is 1. The van der Waals surface area contributed by atoms with Gasteiger partial charge in [-0.15, -0.1) is 11.8 Å². The van der Waals surface area contributed by atoms with Crippen LogP contribution in [0.2, 0.25) is 0 Å². The van der Waals surface area contributed by atoms with Crippen molar-refractivity contribution in [1.29, 1.82) is 0 Å². The molecule has 5 heteroatoms. The lowest BCUT2D eigenvalue weighted by molar-refractivity contribution is -0.143. The highest BCUT2D eigenvalue weighted by Crippen LogP contribution is 2.46. The molecule has 0 radical (unpaired) electrons. The minimum atomic E-state index is -0.644. The first-order valence-electron chi connectivity index (χ1n) is 9.86. The fraction of sp³-hybridized carbons (Fsp3) is 0.455. The van der Waals surface area contributed by atoms with Gasteiger partial charge in [0.2, 0.25) is 0 Å². The van der Waals surface area contributed by atoms with Gasteiger partial charge in [0.1, 0.15) is 0 Å². The van der Waals surface area contributed by atoms with Crippen LogP contribution >= 0.6 is 11.8 Å². The summed E-state index contributed by atoms with van der Waals surface area (Å²) in [5.74, 6) is -0.836. The second-order valence-corrected chi connectivity index (χ2v) is 8.75. The number of nitrogens with zero attached hydrogens (tertiary/aromatic N) is 2. The van der Waals surface area contributed by atoms with E-state index in [9.17, 15) is 9.90 Å². The van der Waals surface area contributed by atoms with Crippen molar-refractivity contribution in [3.05, 3.63) is 53.0 Å². The lowest BCUT2D eigenvalue weighted by atomic mass is 9.98. The molecule has 4 nitrogen and oxygen atoms in total. The molecule has 142 valence electrons. The lowest BCUT2D eigenvalue weighted by Gasteiger charge is -2.31. The van der Waals surface area contributed by atoms with Crippen LogP contribution in [0, 0.1) is 5.92 Å². The Hall–Kier alpha value is -1.85. The molecule has 1 saturated heterocycles. The van der Waals surface area contributed by atoms with Crippen molar-refractivity contribution in [3.63, 3.8) is 0 Å². The standard InChI is InChI=1S/C22H26N2O2S/c25-22(26)16-7-5-13-24(15-16)14-6-12-20-17-8-1-2-9-18(17)23-19-10-3-4-11-21(19)27-20/h1-4,8-9,11,16,20H,5-7,10,12-15H2,(H,25,26). The number of aliphatic imine (C=N–C) groups is 1. The van der Waals surface area contributed by atoms with E-state index in [4.69, 9.17) is 4.99 Å². The number of carbonyl (C=O) groups is 1. The van der Waals surface area contributed by atoms with Crippen molar-refractivity contribution < 1.29 is 9.90 Å². The van der Waals surface area contributed by atoms with E-state index in [1.807, 2.05) is 11.8 Å². The van der Waals surface area contributed by atoms with Crippen LogP contribution in [-0.4, -0.2) is 41.3 Å². The van der Waals surface area contributed by atoms with Crippen LogP contribution in [0.5, 0.6) is 0 Å². The summed E-state index contributed by atoms with van der Waals surface area (Å²) in [6.45, 7) is 2.71. The molecule has 1 fully saturated rings. The van der Waals surface area contributed by atoms with Crippen molar-refractivity contribution in [2.45, 2.75) is 37.4 Å². The molecule has 1 aliphatic carbocycles. The summed E-state index contributed by atoms with van der Waals surface area (Å²) in [6.07, 6.45) is 11.4. The second kappa shape index (κ2) is 8.44. The number of carboxylic acids is 1. The van der Waals surface area contributed by atoms with Gasteiger partial charge in [0.25, 0.3) is 0 Å². The monoisotopic (exact) mass is 382 g/mol. The molecule has 1 aromatic carbocycles. The van der Waals surface area contributed by atoms with Crippen LogP contribution in [0.15, 0.2) is 52.4 Å². The molecule has 27 heavy (non-hydrogen) atoms. The van der Waals surface area contributed by atoms with E-state index < -0.39 is 5.97 Å². The number of hydrogen-bond donors (Lipinski definition) is 1. The molecule has 3 aliphatic rings. The third-order valence-corrected chi connectivity index (χ3v) is 6.98. The van der Waals surface area contributed by atoms with Gasteiger partial charge in [-0.3, -0.25) is 9.79 Å². The molecule has 4 rings (SSSR count). The molecule has 1 aromatic rings. The number of fused-ring (bicyclic) bond motifs is 2. The highest BCUT2D eigenvalue weighted by Gasteiger charge is 2.27. The number of allylic oxidation sites excluding steroid dienone is 4. The smallest absolute Gasteiger partial charge is 0.307 e. The summed E-state index contributed by atoms with van der Waals surface area (Å²) in [5, 5.41) is 9.68. The number of para-hydroxylation sites is 1. The minimum absolute atomic E-state index is 0.193. The number of piperidine rings is 1. The van der Waals surface area contributed by atoms with Crippen molar-refractivity contribution in [2.75, 3.05) is 19.6 Å². The summed E-state index contributed by atoms with van der Waals surface area (Å²) in [6, 6.07) is 8.51. The topological polar surface area (TPSA) is 52.9 Å². The maximum atomic E-state index is 11.3. The van der Waals surface area contributed by atoms with Crippen LogP contribution in [0.1, 0.15) is 42.9 Å². The number of rotatable bonds is 5. The van der Waals surface area contributed by atoms with E-state index in [1.54, 1.807) is 0 Å².